The van der Waals surface area contributed by atoms with Gasteiger partial charge in [0.2, 0.25) is 23.6 Å². The lowest BCUT2D eigenvalue weighted by Gasteiger charge is -2.26. The molecule has 4 atom stereocenters. The third-order valence-electron chi connectivity index (χ3n) is 7.56. The van der Waals surface area contributed by atoms with Crippen LogP contribution in [0, 0.1) is 5.92 Å². The number of nitrogens with one attached hydrogen (secondary N) is 5. The van der Waals surface area contributed by atoms with E-state index in [0.29, 0.717) is 38.6 Å². The molecule has 2 heterocycles. The van der Waals surface area contributed by atoms with E-state index < -0.39 is 41.9 Å². The number of carbonyl (C=O) groups excluding carboxylic acids is 4. The molecule has 1 aliphatic heterocycles. The minimum absolute atomic E-state index is 0.165. The highest BCUT2D eigenvalue weighted by molar-refractivity contribution is 5.95. The summed E-state index contributed by atoms with van der Waals surface area (Å²) in [5, 5.41) is 12.5. The number of amides is 4. The van der Waals surface area contributed by atoms with Gasteiger partial charge in [0.1, 0.15) is 18.1 Å². The summed E-state index contributed by atoms with van der Waals surface area (Å²) in [5.74, 6) is -1.44. The predicted molar refractivity (Wildman–Crippen MR) is 162 cm³/mol. The van der Waals surface area contributed by atoms with Gasteiger partial charge in [-0.15, -0.1) is 0 Å². The highest BCUT2D eigenvalue weighted by atomic mass is 16.2. The monoisotopic (exact) mass is 574 g/mol. The van der Waals surface area contributed by atoms with Gasteiger partial charge >= 0.3 is 0 Å². The van der Waals surface area contributed by atoms with Crippen molar-refractivity contribution in [3.63, 3.8) is 0 Å². The maximum absolute atomic E-state index is 13.7. The molecular weight excluding hydrogens is 532 g/mol. The van der Waals surface area contributed by atoms with Gasteiger partial charge in [-0.2, -0.15) is 0 Å². The third-order valence-corrected chi connectivity index (χ3v) is 7.56. The Bertz CT molecular complexity index is 1370. The first kappa shape index (κ1) is 30.8. The standard InChI is InChI=1S/C32H42N6O4/c1-20(2)16-27-30(40)34-15-9-8-14-26(36-29(39)24(33)17-21-10-4-3-5-11-21)31(41)38-28(32(42)37-27)18-22-19-35-25-13-7-6-12-23(22)25/h3-7,10-13,19-20,24,26-28,35H,8-9,14-18,33H2,1-2H3,(H,34,40)(H,36,39)(H,37,42)(H,38,41)/t24-,26?,27?,28?/m1/s1. The van der Waals surface area contributed by atoms with E-state index in [0.717, 1.165) is 22.0 Å². The first-order valence-corrected chi connectivity index (χ1v) is 14.7. The molecule has 1 aliphatic rings. The fourth-order valence-electron chi connectivity index (χ4n) is 5.29. The summed E-state index contributed by atoms with van der Waals surface area (Å²) in [4.78, 5) is 56.6. The SMILES string of the molecule is CC(C)CC1NC(=O)C(Cc2c[nH]c3ccccc23)NC(=O)C(NC(=O)[C@H](N)Cc2ccccc2)CCCCNC1=O. The molecule has 0 aliphatic carbocycles. The minimum Gasteiger partial charge on any atom is -0.361 e. The number of nitrogens with two attached hydrogens (primary N) is 1. The van der Waals surface area contributed by atoms with E-state index >= 15 is 0 Å². The molecular formula is C32H42N6O4. The van der Waals surface area contributed by atoms with Crippen LogP contribution in [0.3, 0.4) is 0 Å². The van der Waals surface area contributed by atoms with Gasteiger partial charge in [-0.1, -0.05) is 62.4 Å². The molecule has 2 aromatic carbocycles. The summed E-state index contributed by atoms with van der Waals surface area (Å²) in [6.07, 6.45) is 4.34. The number of aromatic amines is 1. The van der Waals surface area contributed by atoms with Crippen LogP contribution in [0.4, 0.5) is 0 Å². The van der Waals surface area contributed by atoms with E-state index in [4.69, 9.17) is 5.73 Å². The Morgan fingerprint density at radius 3 is 2.40 bits per heavy atom. The molecule has 224 valence electrons. The first-order valence-electron chi connectivity index (χ1n) is 14.7. The van der Waals surface area contributed by atoms with Crippen molar-refractivity contribution in [2.45, 2.75) is 76.5 Å². The third kappa shape index (κ3) is 8.42. The van der Waals surface area contributed by atoms with Crippen molar-refractivity contribution in [2.24, 2.45) is 11.7 Å². The maximum Gasteiger partial charge on any atom is 0.243 e. The largest absolute Gasteiger partial charge is 0.361 e. The molecule has 4 amide bonds. The summed E-state index contributed by atoms with van der Waals surface area (Å²) < 4.78 is 0. The van der Waals surface area contributed by atoms with Crippen LogP contribution in [0.25, 0.3) is 10.9 Å². The molecule has 1 saturated heterocycles. The Morgan fingerprint density at radius 2 is 1.64 bits per heavy atom. The summed E-state index contributed by atoms with van der Waals surface area (Å²) in [6, 6.07) is 13.7. The predicted octanol–water partition coefficient (Wildman–Crippen LogP) is 2.08. The molecule has 0 saturated carbocycles. The van der Waals surface area contributed by atoms with E-state index in [9.17, 15) is 19.2 Å². The zero-order chi connectivity index (χ0) is 30.1. The zero-order valence-corrected chi connectivity index (χ0v) is 24.3. The lowest BCUT2D eigenvalue weighted by Crippen LogP contribution is -2.58. The van der Waals surface area contributed by atoms with E-state index in [2.05, 4.69) is 26.3 Å². The first-order chi connectivity index (χ1) is 20.2. The number of H-pyrrole nitrogens is 1. The molecule has 0 bridgehead atoms. The fourth-order valence-corrected chi connectivity index (χ4v) is 5.29. The van der Waals surface area contributed by atoms with Gasteiger partial charge in [0, 0.05) is 30.1 Å². The second-order valence-corrected chi connectivity index (χ2v) is 11.5. The van der Waals surface area contributed by atoms with E-state index in [-0.39, 0.29) is 18.2 Å². The Balaban J connectivity index is 1.56. The van der Waals surface area contributed by atoms with Crippen LogP contribution >= 0.6 is 0 Å². The van der Waals surface area contributed by atoms with E-state index in [1.165, 1.54) is 0 Å². The van der Waals surface area contributed by atoms with Gasteiger partial charge in [0.25, 0.3) is 0 Å². The quantitative estimate of drug-likeness (QED) is 0.243. The Hall–Kier alpha value is -4.18. The van der Waals surface area contributed by atoms with Crippen LogP contribution in [-0.4, -0.2) is 59.3 Å². The van der Waals surface area contributed by atoms with Crippen molar-refractivity contribution in [3.05, 3.63) is 71.9 Å². The Labute approximate surface area is 246 Å². The van der Waals surface area contributed by atoms with Crippen molar-refractivity contribution in [2.75, 3.05) is 6.54 Å². The molecule has 0 spiro atoms. The number of fused-ring (bicyclic) bond motifs is 1. The number of benzene rings is 2. The van der Waals surface area contributed by atoms with Gasteiger partial charge in [-0.3, -0.25) is 19.2 Å². The van der Waals surface area contributed by atoms with Gasteiger partial charge in [0.05, 0.1) is 6.04 Å². The number of rotatable bonds is 8. The minimum atomic E-state index is -0.975. The van der Waals surface area contributed by atoms with Crippen molar-refractivity contribution in [1.29, 1.82) is 0 Å². The zero-order valence-electron chi connectivity index (χ0n) is 24.3. The molecule has 3 unspecified atom stereocenters. The van der Waals surface area contributed by atoms with Gasteiger partial charge in [-0.25, -0.2) is 0 Å². The number of aromatic nitrogens is 1. The van der Waals surface area contributed by atoms with E-state index in [1.54, 1.807) is 0 Å². The van der Waals surface area contributed by atoms with Crippen LogP contribution in [0.5, 0.6) is 0 Å². The molecule has 10 heteroatoms. The topological polar surface area (TPSA) is 158 Å². The number of hydrogen-bond donors (Lipinski definition) is 6. The molecule has 10 nitrogen and oxygen atoms in total. The second-order valence-electron chi connectivity index (χ2n) is 11.5. The lowest BCUT2D eigenvalue weighted by atomic mass is 10.0. The van der Waals surface area contributed by atoms with Gasteiger partial charge in [-0.05, 0) is 55.2 Å². The molecule has 1 fully saturated rings. The van der Waals surface area contributed by atoms with Crippen LogP contribution in [-0.2, 0) is 32.0 Å². The van der Waals surface area contributed by atoms with Crippen LogP contribution < -0.4 is 27.0 Å². The summed E-state index contributed by atoms with van der Waals surface area (Å²) in [7, 11) is 0. The Kier molecular flexibility index (Phi) is 10.7. The fraction of sp³-hybridized carbons (Fsp3) is 0.438. The highest BCUT2D eigenvalue weighted by Gasteiger charge is 2.31. The van der Waals surface area contributed by atoms with Crippen LogP contribution in [0.15, 0.2) is 60.8 Å². The smallest absolute Gasteiger partial charge is 0.243 e. The highest BCUT2D eigenvalue weighted by Crippen LogP contribution is 2.20. The lowest BCUT2D eigenvalue weighted by molar-refractivity contribution is -0.134. The van der Waals surface area contributed by atoms with Crippen molar-refractivity contribution < 1.29 is 19.2 Å². The number of carbonyl (C=O) groups is 4. The molecule has 4 rings (SSSR count). The van der Waals surface area contributed by atoms with Crippen LogP contribution in [0.1, 0.15) is 50.7 Å². The summed E-state index contributed by atoms with van der Waals surface area (Å²) in [6.45, 7) is 4.38. The average Bonchev–Trinajstić information content (AvgIpc) is 3.38. The average molecular weight is 575 g/mol. The van der Waals surface area contributed by atoms with Gasteiger partial charge < -0.3 is 32.0 Å². The van der Waals surface area contributed by atoms with E-state index in [1.807, 2.05) is 74.6 Å². The number of hydrogen-bond acceptors (Lipinski definition) is 5. The van der Waals surface area contributed by atoms with Gasteiger partial charge in [0.15, 0.2) is 0 Å². The summed E-state index contributed by atoms with van der Waals surface area (Å²) >= 11 is 0. The van der Waals surface area contributed by atoms with Crippen molar-refractivity contribution in [1.82, 2.24) is 26.3 Å². The van der Waals surface area contributed by atoms with Crippen molar-refractivity contribution in [3.8, 4) is 0 Å². The summed E-state index contributed by atoms with van der Waals surface area (Å²) in [5.41, 5.74) is 8.89. The Morgan fingerprint density at radius 1 is 0.929 bits per heavy atom. The normalized spacial score (nSPS) is 21.3. The molecule has 7 N–H and O–H groups in total. The molecule has 42 heavy (non-hydrogen) atoms. The molecule has 3 aromatic rings. The van der Waals surface area contributed by atoms with Crippen molar-refractivity contribution >= 4 is 34.5 Å². The molecule has 1 aromatic heterocycles. The number of para-hydroxylation sites is 1. The van der Waals surface area contributed by atoms with Crippen LogP contribution in [0.2, 0.25) is 0 Å². The second kappa shape index (κ2) is 14.6. The maximum atomic E-state index is 13.7. The molecule has 0 radical (unpaired) electrons.